The molecule has 2 N–H and O–H groups in total. The Bertz CT molecular complexity index is 567. The molecule has 2 rings (SSSR count). The van der Waals surface area contributed by atoms with Gasteiger partial charge in [0.1, 0.15) is 0 Å². The molecule has 0 radical (unpaired) electrons. The number of guanidine groups is 1. The Hall–Kier alpha value is -2.24. The van der Waals surface area contributed by atoms with E-state index in [2.05, 4.69) is 51.7 Å². The van der Waals surface area contributed by atoms with Crippen LogP contribution in [0.5, 0.6) is 0 Å². The number of hydrogen-bond acceptors (Lipinski definition) is 3. The van der Waals surface area contributed by atoms with Crippen molar-refractivity contribution in [2.45, 2.75) is 39.0 Å². The zero-order valence-corrected chi connectivity index (χ0v) is 16.9. The summed E-state index contributed by atoms with van der Waals surface area (Å²) in [4.78, 5) is 21.0. The molecule has 6 nitrogen and oxygen atoms in total. The molecule has 0 aliphatic carbocycles. The highest BCUT2D eigenvalue weighted by molar-refractivity contribution is 5.81. The van der Waals surface area contributed by atoms with E-state index in [1.807, 2.05) is 11.0 Å². The number of nitrogens with one attached hydrogen (secondary N) is 2. The van der Waals surface area contributed by atoms with E-state index in [1.54, 1.807) is 7.05 Å². The van der Waals surface area contributed by atoms with E-state index in [0.29, 0.717) is 13.0 Å². The Kier molecular flexibility index (Phi) is 9.52. The normalized spacial score (nSPS) is 15.0. The summed E-state index contributed by atoms with van der Waals surface area (Å²) in [5.74, 6) is 1.00. The van der Waals surface area contributed by atoms with Gasteiger partial charge in [-0.15, -0.1) is 0 Å². The van der Waals surface area contributed by atoms with Gasteiger partial charge in [0.2, 0.25) is 5.91 Å². The number of benzene rings is 1. The molecule has 0 spiro atoms. The molecular weight excluding hydrogens is 338 g/mol. The Morgan fingerprint density at radius 2 is 1.70 bits per heavy atom. The van der Waals surface area contributed by atoms with Crippen LogP contribution in [-0.2, 0) is 4.79 Å². The van der Waals surface area contributed by atoms with Gasteiger partial charge in [-0.25, -0.2) is 0 Å². The number of unbranched alkanes of at least 4 members (excludes halogenated alkanes) is 3. The maximum absolute atomic E-state index is 12.5. The third-order valence-electron chi connectivity index (χ3n) is 4.93. The lowest BCUT2D eigenvalue weighted by Crippen LogP contribution is -2.49. The van der Waals surface area contributed by atoms with Crippen molar-refractivity contribution in [3.8, 4) is 0 Å². The number of piperazine rings is 1. The minimum absolute atomic E-state index is 0.216. The maximum Gasteiger partial charge on any atom is 0.224 e. The molecule has 1 heterocycles. The van der Waals surface area contributed by atoms with Crippen LogP contribution in [0.3, 0.4) is 0 Å². The first-order chi connectivity index (χ1) is 13.2. The van der Waals surface area contributed by atoms with Gasteiger partial charge in [0.05, 0.1) is 0 Å². The summed E-state index contributed by atoms with van der Waals surface area (Å²) in [5.41, 5.74) is 1.24. The third kappa shape index (κ3) is 7.49. The fraction of sp³-hybridized carbons (Fsp3) is 0.619. The number of hydrogen-bond donors (Lipinski definition) is 2. The standard InChI is InChI=1S/C21H35N5O/c1-3-4-5-9-13-23-21(22-2)24-14-12-20(27)26-17-15-25(16-18-26)19-10-7-6-8-11-19/h6-8,10-11H,3-5,9,12-18H2,1-2H3,(H2,22,23,24). The van der Waals surface area contributed by atoms with Crippen LogP contribution in [0, 0.1) is 0 Å². The van der Waals surface area contributed by atoms with E-state index in [4.69, 9.17) is 0 Å². The van der Waals surface area contributed by atoms with Crippen molar-refractivity contribution in [3.63, 3.8) is 0 Å². The van der Waals surface area contributed by atoms with Crippen LogP contribution in [-0.4, -0.2) is 63.1 Å². The molecule has 0 unspecified atom stereocenters. The first-order valence-electron chi connectivity index (χ1n) is 10.3. The molecular formula is C21H35N5O. The van der Waals surface area contributed by atoms with E-state index < -0.39 is 0 Å². The van der Waals surface area contributed by atoms with Gasteiger partial charge in [-0.05, 0) is 18.6 Å². The Morgan fingerprint density at radius 3 is 2.37 bits per heavy atom. The van der Waals surface area contributed by atoms with Gasteiger partial charge in [-0.3, -0.25) is 9.79 Å². The van der Waals surface area contributed by atoms with Crippen LogP contribution in [0.4, 0.5) is 5.69 Å². The summed E-state index contributed by atoms with van der Waals surface area (Å²) in [5, 5.41) is 6.56. The average Bonchev–Trinajstić information content (AvgIpc) is 2.73. The summed E-state index contributed by atoms with van der Waals surface area (Å²) in [6.07, 6.45) is 5.42. The number of aliphatic imine (C=N–C) groups is 1. The van der Waals surface area contributed by atoms with Crippen LogP contribution >= 0.6 is 0 Å². The molecule has 27 heavy (non-hydrogen) atoms. The van der Waals surface area contributed by atoms with Crippen LogP contribution in [0.1, 0.15) is 39.0 Å². The maximum atomic E-state index is 12.5. The quantitative estimate of drug-likeness (QED) is 0.397. The van der Waals surface area contributed by atoms with Crippen molar-refractivity contribution in [2.75, 3.05) is 51.2 Å². The lowest BCUT2D eigenvalue weighted by molar-refractivity contribution is -0.131. The molecule has 0 aromatic heterocycles. The third-order valence-corrected chi connectivity index (χ3v) is 4.93. The smallest absolute Gasteiger partial charge is 0.224 e. The van der Waals surface area contributed by atoms with Gasteiger partial charge in [-0.2, -0.15) is 0 Å². The number of amides is 1. The second-order valence-electron chi connectivity index (χ2n) is 6.94. The number of nitrogens with zero attached hydrogens (tertiary/aromatic N) is 3. The van der Waals surface area contributed by atoms with Gasteiger partial charge >= 0.3 is 0 Å². The molecule has 0 bridgehead atoms. The van der Waals surface area contributed by atoms with Crippen molar-refractivity contribution < 1.29 is 4.79 Å². The van der Waals surface area contributed by atoms with Crippen molar-refractivity contribution in [1.29, 1.82) is 0 Å². The van der Waals surface area contributed by atoms with Gasteiger partial charge < -0.3 is 20.4 Å². The highest BCUT2D eigenvalue weighted by Crippen LogP contribution is 2.15. The van der Waals surface area contributed by atoms with Crippen LogP contribution in [0.2, 0.25) is 0 Å². The number of para-hydroxylation sites is 1. The zero-order chi connectivity index (χ0) is 19.3. The minimum Gasteiger partial charge on any atom is -0.368 e. The van der Waals surface area contributed by atoms with Crippen molar-refractivity contribution in [3.05, 3.63) is 30.3 Å². The Labute approximate surface area is 164 Å². The van der Waals surface area contributed by atoms with Crippen molar-refractivity contribution in [2.24, 2.45) is 4.99 Å². The summed E-state index contributed by atoms with van der Waals surface area (Å²) in [7, 11) is 1.77. The molecule has 1 saturated heterocycles. The second-order valence-corrected chi connectivity index (χ2v) is 6.94. The van der Waals surface area contributed by atoms with E-state index >= 15 is 0 Å². The molecule has 1 amide bonds. The predicted molar refractivity (Wildman–Crippen MR) is 113 cm³/mol. The minimum atomic E-state index is 0.216. The summed E-state index contributed by atoms with van der Waals surface area (Å²) >= 11 is 0. The van der Waals surface area contributed by atoms with Gasteiger partial charge in [0, 0.05) is 58.4 Å². The molecule has 0 saturated carbocycles. The number of rotatable bonds is 9. The fourth-order valence-electron chi connectivity index (χ4n) is 3.28. The zero-order valence-electron chi connectivity index (χ0n) is 16.9. The van der Waals surface area contributed by atoms with Crippen LogP contribution in [0.15, 0.2) is 35.3 Å². The number of carbonyl (C=O) groups excluding carboxylic acids is 1. The SMILES string of the molecule is CCCCCCNC(=NC)NCCC(=O)N1CCN(c2ccccc2)CC1. The molecule has 1 aromatic rings. The molecule has 1 aromatic carbocycles. The second kappa shape index (κ2) is 12.2. The van der Waals surface area contributed by atoms with Crippen LogP contribution in [0.25, 0.3) is 0 Å². The predicted octanol–water partition coefficient (Wildman–Crippen LogP) is 2.47. The largest absolute Gasteiger partial charge is 0.368 e. The van der Waals surface area contributed by atoms with Gasteiger partial charge in [0.25, 0.3) is 0 Å². The van der Waals surface area contributed by atoms with E-state index in [-0.39, 0.29) is 5.91 Å². The molecule has 150 valence electrons. The summed E-state index contributed by atoms with van der Waals surface area (Å²) in [6.45, 7) is 7.12. The first-order valence-corrected chi connectivity index (χ1v) is 10.3. The topological polar surface area (TPSA) is 60.0 Å². The summed E-state index contributed by atoms with van der Waals surface area (Å²) in [6, 6.07) is 10.4. The number of anilines is 1. The highest BCUT2D eigenvalue weighted by Gasteiger charge is 2.20. The van der Waals surface area contributed by atoms with Crippen molar-refractivity contribution in [1.82, 2.24) is 15.5 Å². The molecule has 1 aliphatic heterocycles. The molecule has 1 aliphatic rings. The van der Waals surface area contributed by atoms with Crippen molar-refractivity contribution >= 4 is 17.6 Å². The van der Waals surface area contributed by atoms with E-state index in [1.165, 1.54) is 24.9 Å². The first kappa shape index (κ1) is 21.1. The van der Waals surface area contributed by atoms with Crippen LogP contribution < -0.4 is 15.5 Å². The van der Waals surface area contributed by atoms with E-state index in [9.17, 15) is 4.79 Å². The van der Waals surface area contributed by atoms with E-state index in [0.717, 1.165) is 45.1 Å². The summed E-state index contributed by atoms with van der Waals surface area (Å²) < 4.78 is 0. The fourth-order valence-corrected chi connectivity index (χ4v) is 3.28. The van der Waals surface area contributed by atoms with Gasteiger partial charge in [-0.1, -0.05) is 44.4 Å². The average molecular weight is 374 g/mol. The number of carbonyl (C=O) groups is 1. The highest BCUT2D eigenvalue weighted by atomic mass is 16.2. The molecule has 6 heteroatoms. The Balaban J connectivity index is 1.61. The lowest BCUT2D eigenvalue weighted by atomic mass is 10.2. The van der Waals surface area contributed by atoms with Gasteiger partial charge in [0.15, 0.2) is 5.96 Å². The monoisotopic (exact) mass is 373 g/mol. The lowest BCUT2D eigenvalue weighted by Gasteiger charge is -2.36. The Morgan fingerprint density at radius 1 is 1.00 bits per heavy atom. The molecule has 1 fully saturated rings. The molecule has 0 atom stereocenters.